The summed E-state index contributed by atoms with van der Waals surface area (Å²) in [5.41, 5.74) is 0.195. The third-order valence-corrected chi connectivity index (χ3v) is 5.24. The second-order valence-electron chi connectivity index (χ2n) is 4.58. The van der Waals surface area contributed by atoms with E-state index in [0.717, 1.165) is 4.31 Å². The van der Waals surface area contributed by atoms with Crippen LogP contribution >= 0.6 is 11.6 Å². The van der Waals surface area contributed by atoms with Crippen LogP contribution in [0.4, 0.5) is 0 Å². The highest BCUT2D eigenvalue weighted by molar-refractivity contribution is 7.89. The van der Waals surface area contributed by atoms with E-state index in [1.807, 2.05) is 12.1 Å². The summed E-state index contributed by atoms with van der Waals surface area (Å²) in [6.07, 6.45) is 1.49. The largest absolute Gasteiger partial charge is 0.468 e. The smallest absolute Gasteiger partial charge is 0.243 e. The SMILES string of the molecule is N#CCCN(Cc1ccco1)S(=O)(=O)c1ccc(C#N)c(Cl)c1. The van der Waals surface area contributed by atoms with Gasteiger partial charge in [-0.3, -0.25) is 0 Å². The van der Waals surface area contributed by atoms with Crippen LogP contribution in [0.3, 0.4) is 0 Å². The molecule has 0 atom stereocenters. The van der Waals surface area contributed by atoms with Gasteiger partial charge in [0.2, 0.25) is 10.0 Å². The molecule has 1 heterocycles. The van der Waals surface area contributed by atoms with Crippen LogP contribution < -0.4 is 0 Å². The Morgan fingerprint density at radius 3 is 2.61 bits per heavy atom. The van der Waals surface area contributed by atoms with E-state index < -0.39 is 10.0 Å². The number of nitrogens with zero attached hydrogens (tertiary/aromatic N) is 3. The second-order valence-corrected chi connectivity index (χ2v) is 6.92. The van der Waals surface area contributed by atoms with E-state index in [-0.39, 0.29) is 35.0 Å². The lowest BCUT2D eigenvalue weighted by molar-refractivity contribution is 0.368. The fraction of sp³-hybridized carbons (Fsp3) is 0.200. The number of furan rings is 1. The molecule has 0 bridgehead atoms. The van der Waals surface area contributed by atoms with Gasteiger partial charge in [-0.15, -0.1) is 0 Å². The van der Waals surface area contributed by atoms with Gasteiger partial charge in [0.05, 0.1) is 34.4 Å². The monoisotopic (exact) mass is 349 g/mol. The third-order valence-electron chi connectivity index (χ3n) is 3.08. The molecule has 0 saturated carbocycles. The van der Waals surface area contributed by atoms with Crippen LogP contribution in [-0.2, 0) is 16.6 Å². The van der Waals surface area contributed by atoms with Crippen LogP contribution in [-0.4, -0.2) is 19.3 Å². The number of rotatable bonds is 6. The second kappa shape index (κ2) is 7.30. The first-order valence-corrected chi connectivity index (χ1v) is 8.40. The quantitative estimate of drug-likeness (QED) is 0.798. The third kappa shape index (κ3) is 3.91. The van der Waals surface area contributed by atoms with Crippen molar-refractivity contribution in [3.63, 3.8) is 0 Å². The number of benzene rings is 1. The first kappa shape index (κ1) is 17.0. The predicted octanol–water partition coefficient (Wildman–Crippen LogP) is 2.91. The highest BCUT2D eigenvalue weighted by Gasteiger charge is 2.26. The van der Waals surface area contributed by atoms with Crippen molar-refractivity contribution in [2.75, 3.05) is 6.54 Å². The lowest BCUT2D eigenvalue weighted by Gasteiger charge is -2.20. The van der Waals surface area contributed by atoms with Gasteiger partial charge >= 0.3 is 0 Å². The summed E-state index contributed by atoms with van der Waals surface area (Å²) in [5.74, 6) is 0.464. The number of halogens is 1. The number of nitriles is 2. The number of sulfonamides is 1. The van der Waals surface area contributed by atoms with Crippen LogP contribution in [0, 0.1) is 22.7 Å². The van der Waals surface area contributed by atoms with Crippen LogP contribution in [0.15, 0.2) is 45.9 Å². The van der Waals surface area contributed by atoms with Gasteiger partial charge in [0.1, 0.15) is 11.8 Å². The Balaban J connectivity index is 2.37. The molecule has 6 nitrogen and oxygen atoms in total. The molecule has 0 unspecified atom stereocenters. The Morgan fingerprint density at radius 2 is 2.04 bits per heavy atom. The molecule has 0 amide bonds. The minimum atomic E-state index is -3.87. The van der Waals surface area contributed by atoms with E-state index in [4.69, 9.17) is 26.5 Å². The van der Waals surface area contributed by atoms with Crippen molar-refractivity contribution < 1.29 is 12.8 Å². The Hall–Kier alpha value is -2.32. The Labute approximate surface area is 139 Å². The molecule has 0 saturated heterocycles. The average Bonchev–Trinajstić information content (AvgIpc) is 3.04. The van der Waals surface area contributed by atoms with E-state index in [2.05, 4.69) is 0 Å². The first-order valence-electron chi connectivity index (χ1n) is 6.58. The molecular weight excluding hydrogens is 338 g/mol. The van der Waals surface area contributed by atoms with Crippen molar-refractivity contribution in [1.82, 2.24) is 4.31 Å². The van der Waals surface area contributed by atoms with Gasteiger partial charge < -0.3 is 4.42 Å². The van der Waals surface area contributed by atoms with Crippen LogP contribution in [0.5, 0.6) is 0 Å². The summed E-state index contributed by atoms with van der Waals surface area (Å²) < 4.78 is 31.8. The molecule has 0 N–H and O–H groups in total. The fourth-order valence-electron chi connectivity index (χ4n) is 1.93. The molecule has 1 aromatic heterocycles. The molecule has 1 aromatic carbocycles. The number of hydrogen-bond acceptors (Lipinski definition) is 5. The van der Waals surface area contributed by atoms with Gasteiger partial charge in [-0.1, -0.05) is 11.6 Å². The average molecular weight is 350 g/mol. The molecule has 23 heavy (non-hydrogen) atoms. The molecule has 2 aromatic rings. The van der Waals surface area contributed by atoms with Crippen LogP contribution in [0.2, 0.25) is 5.02 Å². The maximum Gasteiger partial charge on any atom is 0.243 e. The zero-order chi connectivity index (χ0) is 16.9. The molecule has 0 aliphatic rings. The van der Waals surface area contributed by atoms with Crippen molar-refractivity contribution in [1.29, 1.82) is 10.5 Å². The highest BCUT2D eigenvalue weighted by Crippen LogP contribution is 2.24. The van der Waals surface area contributed by atoms with E-state index >= 15 is 0 Å². The summed E-state index contributed by atoms with van der Waals surface area (Å²) in [5, 5.41) is 17.7. The Morgan fingerprint density at radius 1 is 1.26 bits per heavy atom. The van der Waals surface area contributed by atoms with E-state index in [1.165, 1.54) is 24.5 Å². The van der Waals surface area contributed by atoms with Crippen LogP contribution in [0.25, 0.3) is 0 Å². The Kier molecular flexibility index (Phi) is 5.41. The van der Waals surface area contributed by atoms with Crippen molar-refractivity contribution in [2.45, 2.75) is 17.9 Å². The highest BCUT2D eigenvalue weighted by atomic mass is 35.5. The Bertz CT molecular complexity index is 864. The van der Waals surface area contributed by atoms with E-state index in [1.54, 1.807) is 12.1 Å². The lowest BCUT2D eigenvalue weighted by Crippen LogP contribution is -2.31. The van der Waals surface area contributed by atoms with Crippen molar-refractivity contribution >= 4 is 21.6 Å². The summed E-state index contributed by atoms with van der Waals surface area (Å²) >= 11 is 5.91. The lowest BCUT2D eigenvalue weighted by atomic mass is 10.2. The normalized spacial score (nSPS) is 11.1. The maximum absolute atomic E-state index is 12.7. The first-order chi connectivity index (χ1) is 11.0. The van der Waals surface area contributed by atoms with Gasteiger partial charge in [-0.05, 0) is 30.3 Å². The molecule has 0 fully saturated rings. The van der Waals surface area contributed by atoms with E-state index in [9.17, 15) is 8.42 Å². The molecule has 8 heteroatoms. The van der Waals surface area contributed by atoms with Crippen molar-refractivity contribution in [3.8, 4) is 12.1 Å². The summed E-state index contributed by atoms with van der Waals surface area (Å²) in [6, 6.07) is 11.0. The summed E-state index contributed by atoms with van der Waals surface area (Å²) in [4.78, 5) is -0.0361. The van der Waals surface area contributed by atoms with Crippen LogP contribution in [0.1, 0.15) is 17.7 Å². The fourth-order valence-corrected chi connectivity index (χ4v) is 3.65. The van der Waals surface area contributed by atoms with Gasteiger partial charge in [-0.2, -0.15) is 14.8 Å². The van der Waals surface area contributed by atoms with Gasteiger partial charge in [0, 0.05) is 13.0 Å². The zero-order valence-corrected chi connectivity index (χ0v) is 13.5. The zero-order valence-electron chi connectivity index (χ0n) is 11.9. The minimum Gasteiger partial charge on any atom is -0.468 e. The number of hydrogen-bond donors (Lipinski definition) is 0. The summed E-state index contributed by atoms with van der Waals surface area (Å²) in [7, 11) is -3.87. The van der Waals surface area contributed by atoms with Gasteiger partial charge in [-0.25, -0.2) is 8.42 Å². The summed E-state index contributed by atoms with van der Waals surface area (Å²) in [6.45, 7) is 0.0335. The van der Waals surface area contributed by atoms with Crippen molar-refractivity contribution in [3.05, 3.63) is 52.9 Å². The molecule has 0 aliphatic heterocycles. The molecule has 0 aliphatic carbocycles. The molecule has 0 spiro atoms. The molecule has 118 valence electrons. The van der Waals surface area contributed by atoms with Gasteiger partial charge in [0.25, 0.3) is 0 Å². The van der Waals surface area contributed by atoms with Gasteiger partial charge in [0.15, 0.2) is 0 Å². The standard InChI is InChI=1S/C15H12ClN3O3S/c16-15-9-14(5-4-12(15)10-18)23(20,21)19(7-2-6-17)11-13-3-1-8-22-13/h1,3-5,8-9H,2,7,11H2. The topological polar surface area (TPSA) is 98.1 Å². The molecule has 0 radical (unpaired) electrons. The molecular formula is C15H12ClN3O3S. The predicted molar refractivity (Wildman–Crippen MR) is 82.7 cm³/mol. The van der Waals surface area contributed by atoms with Crippen molar-refractivity contribution in [2.24, 2.45) is 0 Å². The maximum atomic E-state index is 12.7. The minimum absolute atomic E-state index is 0.00857. The van der Waals surface area contributed by atoms with E-state index in [0.29, 0.717) is 5.76 Å². The molecule has 2 rings (SSSR count).